The largest absolute Gasteiger partial charge is 0.353 e. The molecule has 1 amide bonds. The van der Waals surface area contributed by atoms with Gasteiger partial charge in [-0.2, -0.15) is 0 Å². The van der Waals surface area contributed by atoms with Crippen molar-refractivity contribution >= 4 is 5.91 Å². The molecule has 0 heterocycles. The molecule has 1 aliphatic carbocycles. The fourth-order valence-electron chi connectivity index (χ4n) is 2.92. The lowest BCUT2D eigenvalue weighted by Crippen LogP contribution is -2.49. The molecule has 18 heavy (non-hydrogen) atoms. The van der Waals surface area contributed by atoms with Crippen LogP contribution in [0, 0.1) is 23.7 Å². The Balaban J connectivity index is 2.63. The molecular weight excluding hydrogens is 224 g/mol. The van der Waals surface area contributed by atoms with Crippen molar-refractivity contribution in [2.75, 3.05) is 0 Å². The van der Waals surface area contributed by atoms with Crippen LogP contribution in [0.15, 0.2) is 0 Å². The van der Waals surface area contributed by atoms with Crippen molar-refractivity contribution in [3.8, 4) is 0 Å². The smallest absolute Gasteiger partial charge is 0.224 e. The van der Waals surface area contributed by atoms with Crippen LogP contribution < -0.4 is 11.1 Å². The molecule has 5 unspecified atom stereocenters. The average Bonchev–Trinajstić information content (AvgIpc) is 2.27. The van der Waals surface area contributed by atoms with Crippen LogP contribution in [0.2, 0.25) is 0 Å². The van der Waals surface area contributed by atoms with E-state index in [2.05, 4.69) is 26.1 Å². The van der Waals surface area contributed by atoms with Gasteiger partial charge in [0.2, 0.25) is 5.91 Å². The van der Waals surface area contributed by atoms with Crippen LogP contribution in [0.1, 0.15) is 53.9 Å². The van der Waals surface area contributed by atoms with E-state index in [-0.39, 0.29) is 17.9 Å². The molecule has 0 radical (unpaired) electrons. The zero-order valence-corrected chi connectivity index (χ0v) is 12.6. The van der Waals surface area contributed by atoms with Gasteiger partial charge in [-0.1, -0.05) is 34.1 Å². The molecular formula is C15H30N2O. The predicted octanol–water partition coefficient (Wildman–Crippen LogP) is 2.55. The van der Waals surface area contributed by atoms with Crippen molar-refractivity contribution in [2.45, 2.75) is 66.0 Å². The third-order valence-electron chi connectivity index (χ3n) is 4.55. The molecule has 5 atom stereocenters. The van der Waals surface area contributed by atoms with E-state index in [1.807, 2.05) is 13.8 Å². The average molecular weight is 254 g/mol. The summed E-state index contributed by atoms with van der Waals surface area (Å²) in [5.41, 5.74) is 5.80. The van der Waals surface area contributed by atoms with Gasteiger partial charge in [-0.3, -0.25) is 4.79 Å². The highest BCUT2D eigenvalue weighted by Gasteiger charge is 2.32. The summed E-state index contributed by atoms with van der Waals surface area (Å²) in [4.78, 5) is 12.1. The van der Waals surface area contributed by atoms with Crippen LogP contribution in [0.4, 0.5) is 0 Å². The van der Waals surface area contributed by atoms with E-state index >= 15 is 0 Å². The molecule has 0 aromatic rings. The number of nitrogens with two attached hydrogens (primary N) is 1. The first-order valence-corrected chi connectivity index (χ1v) is 7.38. The van der Waals surface area contributed by atoms with Crippen LogP contribution in [0.25, 0.3) is 0 Å². The SMILES string of the molecule is CC1CCC(C(C)C)C(NC(=O)C(C)C(C)N)C1. The fraction of sp³-hybridized carbons (Fsp3) is 0.933. The number of carbonyl (C=O) groups excluding carboxylic acids is 1. The summed E-state index contributed by atoms with van der Waals surface area (Å²) in [6.45, 7) is 10.6. The fourth-order valence-corrected chi connectivity index (χ4v) is 2.92. The molecule has 3 N–H and O–H groups in total. The molecule has 0 aliphatic heterocycles. The lowest BCUT2D eigenvalue weighted by atomic mass is 9.74. The van der Waals surface area contributed by atoms with Gasteiger partial charge in [0.15, 0.2) is 0 Å². The number of carbonyl (C=O) groups is 1. The standard InChI is InChI=1S/C15H30N2O/c1-9(2)13-7-6-10(3)8-14(13)17-15(18)11(4)12(5)16/h9-14H,6-8,16H2,1-5H3,(H,17,18). The lowest BCUT2D eigenvalue weighted by Gasteiger charge is -2.38. The number of rotatable bonds is 4. The minimum atomic E-state index is -0.102. The summed E-state index contributed by atoms with van der Waals surface area (Å²) in [5, 5.41) is 3.24. The van der Waals surface area contributed by atoms with Crippen LogP contribution in [0.3, 0.4) is 0 Å². The second kappa shape index (κ2) is 6.55. The van der Waals surface area contributed by atoms with Gasteiger partial charge in [-0.15, -0.1) is 0 Å². The highest BCUT2D eigenvalue weighted by molar-refractivity contribution is 5.79. The molecule has 0 spiro atoms. The first-order chi connectivity index (χ1) is 8.32. The third kappa shape index (κ3) is 3.98. The Morgan fingerprint density at radius 1 is 1.22 bits per heavy atom. The van der Waals surface area contributed by atoms with Crippen molar-refractivity contribution in [1.29, 1.82) is 0 Å². The Morgan fingerprint density at radius 2 is 1.83 bits per heavy atom. The van der Waals surface area contributed by atoms with E-state index in [9.17, 15) is 4.79 Å². The molecule has 3 nitrogen and oxygen atoms in total. The summed E-state index contributed by atoms with van der Waals surface area (Å²) in [6, 6.07) is 0.256. The molecule has 0 bridgehead atoms. The van der Waals surface area contributed by atoms with Crippen LogP contribution in [-0.4, -0.2) is 18.0 Å². The zero-order valence-electron chi connectivity index (χ0n) is 12.6. The number of hydrogen-bond acceptors (Lipinski definition) is 2. The van der Waals surface area contributed by atoms with Crippen molar-refractivity contribution < 1.29 is 4.79 Å². The van der Waals surface area contributed by atoms with Gasteiger partial charge in [-0.05, 0) is 37.5 Å². The normalized spacial score (nSPS) is 32.1. The predicted molar refractivity (Wildman–Crippen MR) is 76.1 cm³/mol. The van der Waals surface area contributed by atoms with Gasteiger partial charge in [0.1, 0.15) is 0 Å². The molecule has 1 saturated carbocycles. The summed E-state index contributed by atoms with van der Waals surface area (Å²) < 4.78 is 0. The maximum Gasteiger partial charge on any atom is 0.224 e. The first kappa shape index (κ1) is 15.5. The molecule has 106 valence electrons. The Hall–Kier alpha value is -0.570. The maximum absolute atomic E-state index is 12.1. The van der Waals surface area contributed by atoms with Gasteiger partial charge < -0.3 is 11.1 Å². The quantitative estimate of drug-likeness (QED) is 0.810. The molecule has 1 rings (SSSR count). The van der Waals surface area contributed by atoms with E-state index in [0.29, 0.717) is 17.9 Å². The van der Waals surface area contributed by atoms with Crippen molar-refractivity contribution in [2.24, 2.45) is 29.4 Å². The van der Waals surface area contributed by atoms with Gasteiger partial charge in [-0.25, -0.2) is 0 Å². The second-order valence-corrected chi connectivity index (χ2v) is 6.59. The third-order valence-corrected chi connectivity index (χ3v) is 4.55. The summed E-state index contributed by atoms with van der Waals surface area (Å²) in [5.74, 6) is 1.99. The Morgan fingerprint density at radius 3 is 2.33 bits per heavy atom. The van der Waals surface area contributed by atoms with E-state index in [1.54, 1.807) is 0 Å². The Bertz CT molecular complexity index is 276. The summed E-state index contributed by atoms with van der Waals surface area (Å²) in [6.07, 6.45) is 3.63. The van der Waals surface area contributed by atoms with Gasteiger partial charge in [0.25, 0.3) is 0 Å². The first-order valence-electron chi connectivity index (χ1n) is 7.38. The number of nitrogens with one attached hydrogen (secondary N) is 1. The highest BCUT2D eigenvalue weighted by Crippen LogP contribution is 2.33. The van der Waals surface area contributed by atoms with Gasteiger partial charge in [0.05, 0.1) is 0 Å². The minimum absolute atomic E-state index is 0.0801. The van der Waals surface area contributed by atoms with E-state index in [1.165, 1.54) is 12.8 Å². The van der Waals surface area contributed by atoms with Crippen LogP contribution in [-0.2, 0) is 4.79 Å². The molecule has 0 aromatic heterocycles. The van der Waals surface area contributed by atoms with Crippen LogP contribution in [0.5, 0.6) is 0 Å². The van der Waals surface area contributed by atoms with Gasteiger partial charge >= 0.3 is 0 Å². The summed E-state index contributed by atoms with van der Waals surface area (Å²) >= 11 is 0. The maximum atomic E-state index is 12.1. The van der Waals surface area contributed by atoms with E-state index in [4.69, 9.17) is 5.73 Å². The van der Waals surface area contributed by atoms with E-state index in [0.717, 1.165) is 12.3 Å². The number of hydrogen-bond donors (Lipinski definition) is 2. The Kier molecular flexibility index (Phi) is 5.64. The monoisotopic (exact) mass is 254 g/mol. The van der Waals surface area contributed by atoms with Gasteiger partial charge in [0, 0.05) is 18.0 Å². The zero-order chi connectivity index (χ0) is 13.9. The molecule has 3 heteroatoms. The summed E-state index contributed by atoms with van der Waals surface area (Å²) in [7, 11) is 0. The molecule has 0 saturated heterocycles. The van der Waals surface area contributed by atoms with Crippen molar-refractivity contribution in [1.82, 2.24) is 5.32 Å². The second-order valence-electron chi connectivity index (χ2n) is 6.59. The highest BCUT2D eigenvalue weighted by atomic mass is 16.2. The molecule has 1 aliphatic rings. The molecule has 0 aromatic carbocycles. The van der Waals surface area contributed by atoms with Crippen molar-refractivity contribution in [3.63, 3.8) is 0 Å². The number of amides is 1. The minimum Gasteiger partial charge on any atom is -0.353 e. The topological polar surface area (TPSA) is 55.1 Å². The van der Waals surface area contributed by atoms with Crippen molar-refractivity contribution in [3.05, 3.63) is 0 Å². The van der Waals surface area contributed by atoms with E-state index < -0.39 is 0 Å². The Labute approximate surface area is 112 Å². The lowest BCUT2D eigenvalue weighted by molar-refractivity contribution is -0.126. The molecule has 1 fully saturated rings. The van der Waals surface area contributed by atoms with Crippen LogP contribution >= 0.6 is 0 Å².